The Kier molecular flexibility index (Phi) is 1.61. The summed E-state index contributed by atoms with van der Waals surface area (Å²) < 4.78 is 42.7. The van der Waals surface area contributed by atoms with Gasteiger partial charge in [-0.05, 0) is 33.7 Å². The smallest absolute Gasteiger partial charge is 0.399 e. The average Bonchev–Trinajstić information content (AvgIpc) is 2.53. The molecule has 0 amide bonds. The second-order valence-corrected chi connectivity index (χ2v) is 4.92. The van der Waals surface area contributed by atoms with Crippen LogP contribution in [0, 0.1) is 0 Å². The van der Waals surface area contributed by atoms with Gasteiger partial charge in [-0.3, -0.25) is 0 Å². The number of nitrogen functional groups attached to an aromatic ring is 1. The molecule has 0 atom stereocenters. The van der Waals surface area contributed by atoms with E-state index in [0.717, 1.165) is 0 Å². The summed E-state index contributed by atoms with van der Waals surface area (Å²) in [7, 11) is -0.902. The molecule has 1 heterocycles. The van der Waals surface area contributed by atoms with Crippen LogP contribution in [-0.2, 0) is 9.31 Å². The molecule has 2 rings (SSSR count). The molecular weight excluding hydrogens is 201 g/mol. The minimum atomic E-state index is -0.902. The monoisotopic (exact) mass is 223 g/mol. The first kappa shape index (κ1) is 7.35. The van der Waals surface area contributed by atoms with Gasteiger partial charge in [0.15, 0.2) is 0 Å². The molecule has 1 saturated heterocycles. The number of hydrogen-bond acceptors (Lipinski definition) is 3. The van der Waals surface area contributed by atoms with E-state index in [4.69, 9.17) is 20.5 Å². The van der Waals surface area contributed by atoms with Gasteiger partial charge in [-0.2, -0.15) is 0 Å². The quantitative estimate of drug-likeness (QED) is 0.580. The third kappa shape index (κ3) is 1.72. The summed E-state index contributed by atoms with van der Waals surface area (Å²) in [6, 6.07) is -1.18. The van der Waals surface area contributed by atoms with Gasteiger partial charge in [0.2, 0.25) is 0 Å². The van der Waals surface area contributed by atoms with Crippen LogP contribution in [0.5, 0.6) is 0 Å². The van der Waals surface area contributed by atoms with Crippen molar-refractivity contribution in [2.75, 3.05) is 5.73 Å². The highest BCUT2D eigenvalue weighted by atomic mass is 16.7. The van der Waals surface area contributed by atoms with E-state index in [0.29, 0.717) is 0 Å². The molecule has 86 valence electrons. The second-order valence-electron chi connectivity index (χ2n) is 4.92. The van der Waals surface area contributed by atoms with E-state index in [1.54, 1.807) is 0 Å². The lowest BCUT2D eigenvalue weighted by Gasteiger charge is -2.32. The number of anilines is 1. The van der Waals surface area contributed by atoms with Gasteiger partial charge in [0, 0.05) is 11.2 Å². The summed E-state index contributed by atoms with van der Waals surface area (Å²) in [5.41, 5.74) is 4.77. The van der Waals surface area contributed by atoms with Crippen molar-refractivity contribution < 1.29 is 14.8 Å². The highest BCUT2D eigenvalue weighted by Gasteiger charge is 2.52. The molecule has 2 N–H and O–H groups in total. The van der Waals surface area contributed by atoms with Crippen LogP contribution >= 0.6 is 0 Å². The van der Waals surface area contributed by atoms with Gasteiger partial charge in [-0.1, -0.05) is 18.1 Å². The van der Waals surface area contributed by atoms with Crippen molar-refractivity contribution in [2.24, 2.45) is 0 Å². The first-order valence-electron chi connectivity index (χ1n) is 7.21. The molecule has 0 spiro atoms. The van der Waals surface area contributed by atoms with E-state index in [-0.39, 0.29) is 35.3 Å². The Balaban J connectivity index is 2.57. The molecule has 16 heavy (non-hydrogen) atoms. The van der Waals surface area contributed by atoms with Crippen molar-refractivity contribution in [2.45, 2.75) is 38.9 Å². The van der Waals surface area contributed by atoms with Gasteiger partial charge in [-0.25, -0.2) is 0 Å². The van der Waals surface area contributed by atoms with E-state index in [9.17, 15) is 0 Å². The number of para-hydroxylation sites is 1. The molecule has 3 nitrogen and oxygen atoms in total. The maximum atomic E-state index is 7.97. The summed E-state index contributed by atoms with van der Waals surface area (Å²) in [5.74, 6) is 0. The van der Waals surface area contributed by atoms with Crippen molar-refractivity contribution in [3.63, 3.8) is 0 Å². The third-order valence-corrected chi connectivity index (χ3v) is 3.24. The van der Waals surface area contributed by atoms with E-state index in [2.05, 4.69) is 0 Å². The van der Waals surface area contributed by atoms with E-state index < -0.39 is 18.3 Å². The fourth-order valence-corrected chi connectivity index (χ4v) is 1.48. The van der Waals surface area contributed by atoms with E-state index >= 15 is 0 Å². The Hall–Kier alpha value is -0.995. The van der Waals surface area contributed by atoms with Crippen molar-refractivity contribution in [1.29, 1.82) is 0 Å². The van der Waals surface area contributed by atoms with Crippen LogP contribution in [0.3, 0.4) is 0 Å². The van der Waals surface area contributed by atoms with Crippen LogP contribution in [0.2, 0.25) is 0 Å². The second kappa shape index (κ2) is 3.50. The molecule has 1 aliphatic heterocycles. The van der Waals surface area contributed by atoms with E-state index in [1.807, 2.05) is 27.7 Å². The minimum absolute atomic E-state index is 0.0329. The average molecular weight is 223 g/mol. The maximum Gasteiger partial charge on any atom is 0.496 e. The van der Waals surface area contributed by atoms with Crippen LogP contribution in [0.1, 0.15) is 33.2 Å². The highest BCUT2D eigenvalue weighted by molar-refractivity contribution is 6.63. The molecule has 1 fully saturated rings. The Bertz CT molecular complexity index is 532. The Labute approximate surface area is 103 Å². The van der Waals surface area contributed by atoms with Crippen LogP contribution < -0.4 is 11.2 Å². The topological polar surface area (TPSA) is 44.5 Å². The molecule has 0 unspecified atom stereocenters. The Morgan fingerprint density at radius 1 is 1.12 bits per heavy atom. The fourth-order valence-electron chi connectivity index (χ4n) is 1.48. The maximum absolute atomic E-state index is 7.97. The van der Waals surface area contributed by atoms with Crippen LogP contribution in [0.25, 0.3) is 0 Å². The molecule has 0 aromatic heterocycles. The summed E-state index contributed by atoms with van der Waals surface area (Å²) in [6.45, 7) is 7.48. The lowest BCUT2D eigenvalue weighted by molar-refractivity contribution is 0.00578. The lowest BCUT2D eigenvalue weighted by Crippen LogP contribution is -2.41. The zero-order valence-corrected chi connectivity index (χ0v) is 9.97. The van der Waals surface area contributed by atoms with Crippen molar-refractivity contribution in [3.8, 4) is 0 Å². The Morgan fingerprint density at radius 3 is 2.19 bits per heavy atom. The number of hydrogen-bond donors (Lipinski definition) is 1. The zero-order valence-electron chi connectivity index (χ0n) is 14.0. The predicted molar refractivity (Wildman–Crippen MR) is 66.6 cm³/mol. The number of rotatable bonds is 1. The highest BCUT2D eigenvalue weighted by Crippen LogP contribution is 2.36. The molecule has 1 aliphatic rings. The summed E-state index contributed by atoms with van der Waals surface area (Å²) >= 11 is 0. The molecular formula is C12H18BNO2. The van der Waals surface area contributed by atoms with Crippen LogP contribution in [0.4, 0.5) is 5.69 Å². The van der Waals surface area contributed by atoms with Gasteiger partial charge in [0.1, 0.15) is 0 Å². The molecule has 0 aliphatic carbocycles. The number of benzene rings is 1. The van der Waals surface area contributed by atoms with Gasteiger partial charge in [-0.15, -0.1) is 0 Å². The van der Waals surface area contributed by atoms with Crippen LogP contribution in [-0.4, -0.2) is 18.3 Å². The standard InChI is InChI=1S/C12H18BNO2/c1-11(2)12(3,4)16-13(15-11)9-7-5-6-8-10(9)14/h5-8H,14H2,1-4H3/i5D,6D,7D,8D. The van der Waals surface area contributed by atoms with Crippen molar-refractivity contribution in [1.82, 2.24) is 0 Å². The largest absolute Gasteiger partial charge is 0.496 e. The predicted octanol–water partition coefficient (Wildman–Crippen LogP) is 1.57. The molecule has 4 heteroatoms. The molecule has 0 bridgehead atoms. The normalized spacial score (nSPS) is 25.9. The van der Waals surface area contributed by atoms with Crippen molar-refractivity contribution in [3.05, 3.63) is 24.2 Å². The zero-order chi connectivity index (χ0) is 15.5. The fraction of sp³-hybridized carbons (Fsp3) is 0.500. The summed E-state index contributed by atoms with van der Waals surface area (Å²) in [6.07, 6.45) is 0. The lowest BCUT2D eigenvalue weighted by atomic mass is 9.78. The summed E-state index contributed by atoms with van der Waals surface area (Å²) in [5, 5.41) is 0. The third-order valence-electron chi connectivity index (χ3n) is 3.24. The SMILES string of the molecule is [2H]c1c([2H])c([2H])c(B2OC(C)(C)C(C)(C)O2)c(N)c1[2H]. The molecule has 0 radical (unpaired) electrons. The summed E-state index contributed by atoms with van der Waals surface area (Å²) in [4.78, 5) is 0. The minimum Gasteiger partial charge on any atom is -0.399 e. The molecule has 0 saturated carbocycles. The van der Waals surface area contributed by atoms with Crippen LogP contribution in [0.15, 0.2) is 24.2 Å². The first-order valence-corrected chi connectivity index (χ1v) is 5.21. The molecule has 1 aromatic carbocycles. The Morgan fingerprint density at radius 2 is 1.62 bits per heavy atom. The van der Waals surface area contributed by atoms with Gasteiger partial charge in [0.05, 0.1) is 16.7 Å². The van der Waals surface area contributed by atoms with Gasteiger partial charge < -0.3 is 15.0 Å². The van der Waals surface area contributed by atoms with E-state index in [1.165, 1.54) is 0 Å². The molecule has 1 aromatic rings. The number of nitrogens with two attached hydrogens (primary N) is 1. The van der Waals surface area contributed by atoms with Gasteiger partial charge >= 0.3 is 7.12 Å². The van der Waals surface area contributed by atoms with Gasteiger partial charge in [0.25, 0.3) is 0 Å². The van der Waals surface area contributed by atoms with Crippen molar-refractivity contribution >= 4 is 18.3 Å². The first-order chi connectivity index (χ1) is 8.99.